The molecular formula is C16H14O2. The Kier molecular flexibility index (Phi) is 2.85. The Balaban J connectivity index is 1.62. The van der Waals surface area contributed by atoms with Crippen LogP contribution < -0.4 is 0 Å². The number of Topliss-reactive ketones (excluding diaryl/α,β-unsaturated/α-hetero) is 1. The Bertz CT molecular complexity index is 552. The first kappa shape index (κ1) is 11.0. The second-order valence-corrected chi connectivity index (χ2v) is 4.62. The average Bonchev–Trinajstić information content (AvgIpc) is 2.98. The molecule has 1 aromatic carbocycles. The van der Waals surface area contributed by atoms with Gasteiger partial charge in [0.1, 0.15) is 0 Å². The second kappa shape index (κ2) is 4.65. The van der Waals surface area contributed by atoms with Crippen molar-refractivity contribution < 1.29 is 9.21 Å². The fourth-order valence-electron chi connectivity index (χ4n) is 2.13. The number of carbonyl (C=O) groups excluding carboxylic acids is 1. The van der Waals surface area contributed by atoms with Crippen LogP contribution in [0.25, 0.3) is 6.08 Å². The van der Waals surface area contributed by atoms with E-state index in [1.807, 2.05) is 18.2 Å². The van der Waals surface area contributed by atoms with Gasteiger partial charge in [0.05, 0.1) is 6.26 Å². The van der Waals surface area contributed by atoms with Crippen molar-refractivity contribution in [3.05, 3.63) is 66.1 Å². The van der Waals surface area contributed by atoms with Gasteiger partial charge in [-0.1, -0.05) is 42.5 Å². The van der Waals surface area contributed by atoms with Crippen LogP contribution in [0.2, 0.25) is 0 Å². The number of furan rings is 1. The molecule has 2 unspecified atom stereocenters. The summed E-state index contributed by atoms with van der Waals surface area (Å²) in [4.78, 5) is 12.0. The molecule has 18 heavy (non-hydrogen) atoms. The maximum Gasteiger partial charge on any atom is 0.201 e. The molecule has 1 aliphatic carbocycles. The van der Waals surface area contributed by atoms with E-state index in [1.165, 1.54) is 5.56 Å². The molecular weight excluding hydrogens is 224 g/mol. The zero-order chi connectivity index (χ0) is 12.4. The maximum atomic E-state index is 12.0. The normalized spacial score (nSPS) is 22.2. The van der Waals surface area contributed by atoms with E-state index in [9.17, 15) is 4.79 Å². The maximum absolute atomic E-state index is 12.0. The Morgan fingerprint density at radius 1 is 1.17 bits per heavy atom. The highest BCUT2D eigenvalue weighted by Gasteiger charge is 2.42. The summed E-state index contributed by atoms with van der Waals surface area (Å²) in [6.45, 7) is 0. The van der Waals surface area contributed by atoms with Crippen LogP contribution >= 0.6 is 0 Å². The van der Waals surface area contributed by atoms with Gasteiger partial charge in [-0.15, -0.1) is 0 Å². The largest absolute Gasteiger partial charge is 0.461 e. The molecule has 0 bridgehead atoms. The summed E-state index contributed by atoms with van der Waals surface area (Å²) in [6.07, 6.45) is 6.69. The summed E-state index contributed by atoms with van der Waals surface area (Å²) in [6, 6.07) is 13.6. The zero-order valence-electron chi connectivity index (χ0n) is 9.95. The fraction of sp³-hybridized carbons (Fsp3) is 0.188. The van der Waals surface area contributed by atoms with Crippen LogP contribution in [0.3, 0.4) is 0 Å². The van der Waals surface area contributed by atoms with Crippen LogP contribution in [-0.4, -0.2) is 5.78 Å². The lowest BCUT2D eigenvalue weighted by Gasteiger charge is -1.93. The summed E-state index contributed by atoms with van der Waals surface area (Å²) < 4.78 is 5.13. The Morgan fingerprint density at radius 3 is 2.72 bits per heavy atom. The van der Waals surface area contributed by atoms with Gasteiger partial charge in [0.25, 0.3) is 0 Å². The molecule has 1 aliphatic rings. The van der Waals surface area contributed by atoms with Crippen molar-refractivity contribution >= 4 is 11.9 Å². The van der Waals surface area contributed by atoms with Crippen molar-refractivity contribution in [1.82, 2.24) is 0 Å². The lowest BCUT2D eigenvalue weighted by atomic mass is 10.1. The third-order valence-electron chi connectivity index (χ3n) is 3.28. The number of hydrogen-bond donors (Lipinski definition) is 0. The van der Waals surface area contributed by atoms with E-state index in [0.717, 1.165) is 6.42 Å². The number of rotatable bonds is 4. The molecule has 0 N–H and O–H groups in total. The minimum Gasteiger partial charge on any atom is -0.461 e. The van der Waals surface area contributed by atoms with E-state index in [1.54, 1.807) is 18.4 Å². The van der Waals surface area contributed by atoms with Gasteiger partial charge in [-0.25, -0.2) is 0 Å². The lowest BCUT2D eigenvalue weighted by Crippen LogP contribution is -2.00. The molecule has 2 nitrogen and oxygen atoms in total. The van der Waals surface area contributed by atoms with E-state index < -0.39 is 0 Å². The molecule has 0 aliphatic heterocycles. The molecule has 90 valence electrons. The van der Waals surface area contributed by atoms with Gasteiger partial charge in [-0.2, -0.15) is 0 Å². The molecule has 1 saturated carbocycles. The summed E-state index contributed by atoms with van der Waals surface area (Å²) in [5, 5.41) is 0. The van der Waals surface area contributed by atoms with E-state index >= 15 is 0 Å². The van der Waals surface area contributed by atoms with Crippen LogP contribution in [0.4, 0.5) is 0 Å². The highest BCUT2D eigenvalue weighted by Crippen LogP contribution is 2.42. The molecule has 2 heteroatoms. The molecule has 0 spiro atoms. The number of hydrogen-bond acceptors (Lipinski definition) is 2. The lowest BCUT2D eigenvalue weighted by molar-refractivity contribution is 0.0936. The van der Waals surface area contributed by atoms with Crippen LogP contribution in [0, 0.1) is 11.8 Å². The van der Waals surface area contributed by atoms with E-state index in [-0.39, 0.29) is 11.7 Å². The SMILES string of the molecule is O=C(c1ccco1)C1CC1C=Cc1ccccc1. The quantitative estimate of drug-likeness (QED) is 0.758. The topological polar surface area (TPSA) is 30.2 Å². The first-order valence-electron chi connectivity index (χ1n) is 6.15. The zero-order valence-corrected chi connectivity index (χ0v) is 9.95. The van der Waals surface area contributed by atoms with E-state index in [0.29, 0.717) is 11.7 Å². The van der Waals surface area contributed by atoms with Crippen LogP contribution in [-0.2, 0) is 0 Å². The van der Waals surface area contributed by atoms with Crippen molar-refractivity contribution in [2.24, 2.45) is 11.8 Å². The average molecular weight is 238 g/mol. The second-order valence-electron chi connectivity index (χ2n) is 4.62. The molecule has 0 radical (unpaired) electrons. The summed E-state index contributed by atoms with van der Waals surface area (Å²) in [7, 11) is 0. The number of carbonyl (C=O) groups is 1. The van der Waals surface area contributed by atoms with Crippen molar-refractivity contribution in [2.75, 3.05) is 0 Å². The molecule has 0 saturated heterocycles. The third kappa shape index (κ3) is 2.28. The summed E-state index contributed by atoms with van der Waals surface area (Å²) in [5.74, 6) is 1.08. The van der Waals surface area contributed by atoms with Crippen molar-refractivity contribution in [2.45, 2.75) is 6.42 Å². The molecule has 1 aromatic heterocycles. The standard InChI is InChI=1S/C16H14O2/c17-16(15-7-4-10-18-15)14-11-13(14)9-8-12-5-2-1-3-6-12/h1-10,13-14H,11H2. The van der Waals surface area contributed by atoms with Gasteiger partial charge in [0.2, 0.25) is 5.78 Å². The van der Waals surface area contributed by atoms with E-state index in [2.05, 4.69) is 24.3 Å². The Labute approximate surface area is 106 Å². The molecule has 1 heterocycles. The molecule has 2 aromatic rings. The molecule has 0 amide bonds. The summed E-state index contributed by atoms with van der Waals surface area (Å²) >= 11 is 0. The Morgan fingerprint density at radius 2 is 2.00 bits per heavy atom. The summed E-state index contributed by atoms with van der Waals surface area (Å²) in [5.41, 5.74) is 1.17. The smallest absolute Gasteiger partial charge is 0.201 e. The van der Waals surface area contributed by atoms with Crippen molar-refractivity contribution in [1.29, 1.82) is 0 Å². The van der Waals surface area contributed by atoms with Gasteiger partial charge in [0.15, 0.2) is 5.76 Å². The molecule has 1 fully saturated rings. The monoisotopic (exact) mass is 238 g/mol. The first-order valence-corrected chi connectivity index (χ1v) is 6.15. The number of ketones is 1. The van der Waals surface area contributed by atoms with Gasteiger partial charge in [-0.3, -0.25) is 4.79 Å². The van der Waals surface area contributed by atoms with Crippen LogP contribution in [0.5, 0.6) is 0 Å². The van der Waals surface area contributed by atoms with Crippen molar-refractivity contribution in [3.8, 4) is 0 Å². The first-order chi connectivity index (χ1) is 8.84. The number of benzene rings is 1. The van der Waals surface area contributed by atoms with Gasteiger partial charge >= 0.3 is 0 Å². The fourth-order valence-corrected chi connectivity index (χ4v) is 2.13. The third-order valence-corrected chi connectivity index (χ3v) is 3.28. The highest BCUT2D eigenvalue weighted by molar-refractivity contribution is 5.97. The van der Waals surface area contributed by atoms with Gasteiger partial charge in [0, 0.05) is 5.92 Å². The molecule has 2 atom stereocenters. The van der Waals surface area contributed by atoms with Gasteiger partial charge in [-0.05, 0) is 30.0 Å². The predicted molar refractivity (Wildman–Crippen MR) is 70.1 cm³/mol. The highest BCUT2D eigenvalue weighted by atomic mass is 16.3. The predicted octanol–water partition coefficient (Wildman–Crippen LogP) is 3.81. The van der Waals surface area contributed by atoms with Crippen LogP contribution in [0.15, 0.2) is 59.2 Å². The van der Waals surface area contributed by atoms with Gasteiger partial charge < -0.3 is 4.42 Å². The minimum atomic E-state index is 0.108. The molecule has 3 rings (SSSR count). The van der Waals surface area contributed by atoms with Crippen LogP contribution in [0.1, 0.15) is 22.5 Å². The Hall–Kier alpha value is -2.09. The van der Waals surface area contributed by atoms with E-state index in [4.69, 9.17) is 4.42 Å². The number of allylic oxidation sites excluding steroid dienone is 1. The minimum absolute atomic E-state index is 0.108. The van der Waals surface area contributed by atoms with Crippen molar-refractivity contribution in [3.63, 3.8) is 0 Å².